The van der Waals surface area contributed by atoms with Crippen LogP contribution in [0, 0.1) is 17.4 Å². The second-order valence-electron chi connectivity index (χ2n) is 8.56. The first-order valence-corrected chi connectivity index (χ1v) is 10.6. The summed E-state index contributed by atoms with van der Waals surface area (Å²) in [6.45, 7) is 4.77. The molecule has 4 heterocycles. The number of nitriles is 1. The van der Waals surface area contributed by atoms with E-state index in [0.29, 0.717) is 29.4 Å². The summed E-state index contributed by atoms with van der Waals surface area (Å²) in [5, 5.41) is 18.0. The second-order valence-corrected chi connectivity index (χ2v) is 8.56. The van der Waals surface area contributed by atoms with Crippen LogP contribution in [-0.2, 0) is 4.74 Å². The van der Waals surface area contributed by atoms with Gasteiger partial charge in [-0.3, -0.25) is 13.8 Å². The number of rotatable bonds is 3. The lowest BCUT2D eigenvalue weighted by Crippen LogP contribution is -2.30. The predicted molar refractivity (Wildman–Crippen MR) is 113 cm³/mol. The molecule has 4 unspecified atom stereocenters. The van der Waals surface area contributed by atoms with Crippen molar-refractivity contribution in [1.82, 2.24) is 28.9 Å². The van der Waals surface area contributed by atoms with E-state index in [1.807, 2.05) is 40.2 Å². The molecule has 1 saturated heterocycles. The maximum atomic E-state index is 13.9. The first-order chi connectivity index (χ1) is 15.1. The Morgan fingerprint density at radius 2 is 2.00 bits per heavy atom. The van der Waals surface area contributed by atoms with Crippen LogP contribution in [0.2, 0.25) is 0 Å². The number of aromatic nitrogens is 6. The fourth-order valence-corrected chi connectivity index (χ4v) is 4.93. The molecule has 0 N–H and O–H groups in total. The molecule has 1 aliphatic heterocycles. The van der Waals surface area contributed by atoms with Crippen LogP contribution >= 0.6 is 0 Å². The number of ether oxygens (including phenoxy) is 1. The molecule has 9 nitrogen and oxygen atoms in total. The van der Waals surface area contributed by atoms with Crippen molar-refractivity contribution in [3.8, 4) is 17.6 Å². The van der Waals surface area contributed by atoms with Crippen molar-refractivity contribution < 1.29 is 4.74 Å². The molecule has 6 rings (SSSR count). The molecule has 1 aliphatic carbocycles. The number of benzene rings is 1. The first kappa shape index (κ1) is 18.3. The van der Waals surface area contributed by atoms with E-state index in [0.717, 1.165) is 29.6 Å². The van der Waals surface area contributed by atoms with E-state index < -0.39 is 0 Å². The zero-order valence-corrected chi connectivity index (χ0v) is 17.3. The van der Waals surface area contributed by atoms with Gasteiger partial charge in [-0.25, -0.2) is 4.98 Å². The summed E-state index contributed by atoms with van der Waals surface area (Å²) in [5.74, 6) is 0.713. The van der Waals surface area contributed by atoms with Crippen molar-refractivity contribution in [1.29, 1.82) is 5.26 Å². The van der Waals surface area contributed by atoms with E-state index in [1.165, 1.54) is 4.68 Å². The number of fused-ring (bicyclic) bond motifs is 3. The van der Waals surface area contributed by atoms with Gasteiger partial charge in [0.15, 0.2) is 0 Å². The second kappa shape index (κ2) is 6.49. The minimum Gasteiger partial charge on any atom is -0.376 e. The lowest BCUT2D eigenvalue weighted by Gasteiger charge is -2.21. The molecule has 31 heavy (non-hydrogen) atoms. The van der Waals surface area contributed by atoms with Crippen LogP contribution in [0.3, 0.4) is 0 Å². The van der Waals surface area contributed by atoms with E-state index in [4.69, 9.17) is 4.74 Å². The highest BCUT2D eigenvalue weighted by Gasteiger charge is 2.40. The Kier molecular flexibility index (Phi) is 3.83. The molecule has 2 aliphatic rings. The molecule has 9 heteroatoms. The van der Waals surface area contributed by atoms with E-state index in [-0.39, 0.29) is 23.6 Å². The van der Waals surface area contributed by atoms with Crippen molar-refractivity contribution in [2.24, 2.45) is 5.92 Å². The largest absolute Gasteiger partial charge is 0.376 e. The quantitative estimate of drug-likeness (QED) is 0.510. The van der Waals surface area contributed by atoms with Gasteiger partial charge in [0.05, 0.1) is 28.9 Å². The zero-order valence-electron chi connectivity index (χ0n) is 17.3. The molecule has 0 spiro atoms. The van der Waals surface area contributed by atoms with Crippen LogP contribution < -0.4 is 5.56 Å². The molecule has 0 bridgehead atoms. The Morgan fingerprint density at radius 1 is 1.23 bits per heavy atom. The Labute approximate surface area is 177 Å². The minimum atomic E-state index is -0.144. The lowest BCUT2D eigenvalue weighted by atomic mass is 10.1. The summed E-state index contributed by atoms with van der Waals surface area (Å²) in [6.07, 6.45) is 5.42. The number of para-hydroxylation sites is 2. The van der Waals surface area contributed by atoms with Crippen LogP contribution in [0.1, 0.15) is 44.3 Å². The van der Waals surface area contributed by atoms with Crippen molar-refractivity contribution in [2.75, 3.05) is 6.61 Å². The van der Waals surface area contributed by atoms with Gasteiger partial charge < -0.3 is 4.74 Å². The highest BCUT2D eigenvalue weighted by Crippen LogP contribution is 2.49. The third-order valence-electron chi connectivity index (χ3n) is 6.73. The van der Waals surface area contributed by atoms with Crippen molar-refractivity contribution >= 4 is 16.6 Å². The average molecular weight is 415 g/mol. The highest BCUT2D eigenvalue weighted by molar-refractivity contribution is 5.85. The zero-order chi connectivity index (χ0) is 21.3. The van der Waals surface area contributed by atoms with Gasteiger partial charge >= 0.3 is 0 Å². The normalized spacial score (nSPS) is 25.3. The summed E-state index contributed by atoms with van der Waals surface area (Å²) in [4.78, 5) is 18.5. The first-order valence-electron chi connectivity index (χ1n) is 10.6. The van der Waals surface area contributed by atoms with E-state index in [2.05, 4.69) is 28.4 Å². The summed E-state index contributed by atoms with van der Waals surface area (Å²) in [5.41, 5.74) is 3.73. The monoisotopic (exact) mass is 415 g/mol. The van der Waals surface area contributed by atoms with Gasteiger partial charge in [-0.05, 0) is 37.8 Å². The minimum absolute atomic E-state index is 0.0629. The number of nitrogens with zero attached hydrogens (tertiary/aromatic N) is 7. The Balaban J connectivity index is 1.70. The molecule has 156 valence electrons. The van der Waals surface area contributed by atoms with Crippen LogP contribution in [0.15, 0.2) is 35.4 Å². The van der Waals surface area contributed by atoms with E-state index >= 15 is 0 Å². The number of hydrogen-bond acceptors (Lipinski definition) is 6. The summed E-state index contributed by atoms with van der Waals surface area (Å²) < 4.78 is 10.6. The Hall–Kier alpha value is -3.51. The lowest BCUT2D eigenvalue weighted by molar-refractivity contribution is 0.108. The topological polar surface area (TPSA) is 103 Å². The summed E-state index contributed by atoms with van der Waals surface area (Å²) in [6, 6.07) is 7.76. The van der Waals surface area contributed by atoms with Gasteiger partial charge in [-0.1, -0.05) is 24.3 Å². The molecule has 4 aromatic rings. The van der Waals surface area contributed by atoms with Gasteiger partial charge in [-0.2, -0.15) is 5.26 Å². The van der Waals surface area contributed by atoms with E-state index in [1.54, 1.807) is 6.33 Å². The van der Waals surface area contributed by atoms with Gasteiger partial charge in [0, 0.05) is 12.5 Å². The molecule has 3 aromatic heterocycles. The summed E-state index contributed by atoms with van der Waals surface area (Å²) >= 11 is 0. The molecule has 2 fully saturated rings. The number of hydrogen-bond donors (Lipinski definition) is 0. The van der Waals surface area contributed by atoms with Crippen molar-refractivity contribution in [3.63, 3.8) is 0 Å². The predicted octanol–water partition coefficient (Wildman–Crippen LogP) is 2.71. The van der Waals surface area contributed by atoms with Crippen LogP contribution in [0.5, 0.6) is 0 Å². The standard InChI is InChI=1S/C22H21N7O2/c1-12-9-14(12)18-20(28(10-23)26-25-18)19-21-22(30)29(15-7-8-31-13(15)2)17-6-4-3-5-16(17)27(21)11-24-19/h3-6,11-15H,7-9H2,1-2H3. The highest BCUT2D eigenvalue weighted by atomic mass is 16.5. The van der Waals surface area contributed by atoms with Crippen molar-refractivity contribution in [2.45, 2.75) is 44.8 Å². The fourth-order valence-electron chi connectivity index (χ4n) is 4.93. The van der Waals surface area contributed by atoms with E-state index in [9.17, 15) is 10.1 Å². The molecular weight excluding hydrogens is 394 g/mol. The van der Waals surface area contributed by atoms with Crippen molar-refractivity contribution in [3.05, 3.63) is 46.6 Å². The smallest absolute Gasteiger partial charge is 0.278 e. The fraction of sp³-hybridized carbons (Fsp3) is 0.409. The third kappa shape index (κ3) is 2.51. The SMILES string of the molecule is CC1CC1c1nnn(C#N)c1-c1ncn2c1c(=O)n(C1CCOC1C)c1ccccc12. The van der Waals surface area contributed by atoms with Crippen LogP contribution in [0.4, 0.5) is 0 Å². The molecule has 0 amide bonds. The van der Waals surface area contributed by atoms with Gasteiger partial charge in [0.25, 0.3) is 5.56 Å². The Morgan fingerprint density at radius 3 is 2.68 bits per heavy atom. The van der Waals surface area contributed by atoms with Gasteiger partial charge in [0.1, 0.15) is 23.2 Å². The third-order valence-corrected chi connectivity index (χ3v) is 6.73. The maximum absolute atomic E-state index is 13.9. The molecule has 1 aromatic carbocycles. The molecular formula is C22H21N7O2. The van der Waals surface area contributed by atoms with Gasteiger partial charge in [0.2, 0.25) is 6.19 Å². The Bertz CT molecular complexity index is 1440. The summed E-state index contributed by atoms with van der Waals surface area (Å²) in [7, 11) is 0. The number of imidazole rings is 1. The molecule has 4 atom stereocenters. The average Bonchev–Trinajstić information content (AvgIpc) is 3.16. The van der Waals surface area contributed by atoms with Crippen LogP contribution in [0.25, 0.3) is 27.9 Å². The molecule has 0 radical (unpaired) electrons. The molecule has 1 saturated carbocycles. The van der Waals surface area contributed by atoms with Crippen LogP contribution in [-0.4, -0.2) is 41.7 Å². The maximum Gasteiger partial charge on any atom is 0.278 e. The van der Waals surface area contributed by atoms with Gasteiger partial charge in [-0.15, -0.1) is 9.78 Å².